The van der Waals surface area contributed by atoms with Crippen LogP contribution in [-0.2, 0) is 10.0 Å². The van der Waals surface area contributed by atoms with E-state index in [1.807, 2.05) is 0 Å². The van der Waals surface area contributed by atoms with Crippen molar-refractivity contribution in [1.29, 1.82) is 0 Å². The zero-order chi connectivity index (χ0) is 23.3. The molecule has 0 aliphatic rings. The number of benzene rings is 3. The summed E-state index contributed by atoms with van der Waals surface area (Å²) in [5, 5.41) is 26.1. The van der Waals surface area contributed by atoms with Gasteiger partial charge in [0.25, 0.3) is 21.4 Å². The van der Waals surface area contributed by atoms with E-state index in [1.165, 1.54) is 42.6 Å². The molecule has 3 aromatic carbocycles. The largest absolute Gasteiger partial charge is 0.278 e. The van der Waals surface area contributed by atoms with Crippen molar-refractivity contribution in [1.82, 2.24) is 0 Å². The minimum Gasteiger partial charge on any atom is -0.278 e. The molecule has 11 nitrogen and oxygen atoms in total. The monoisotopic (exact) mass is 475 g/mol. The molecule has 0 saturated heterocycles. The summed E-state index contributed by atoms with van der Waals surface area (Å²) in [6.07, 6.45) is 1.24. The number of para-hydroxylation sites is 1. The smallest absolute Gasteiger partial charge is 0.270 e. The van der Waals surface area contributed by atoms with Gasteiger partial charge in [-0.3, -0.25) is 30.4 Å². The number of nitro groups is 2. The summed E-state index contributed by atoms with van der Waals surface area (Å²) >= 11 is 6.00. The van der Waals surface area contributed by atoms with Gasteiger partial charge >= 0.3 is 0 Å². The number of hydrogen-bond donors (Lipinski definition) is 2. The highest BCUT2D eigenvalue weighted by Gasteiger charge is 2.23. The third kappa shape index (κ3) is 5.36. The summed E-state index contributed by atoms with van der Waals surface area (Å²) in [6.45, 7) is 0. The predicted octanol–water partition coefficient (Wildman–Crippen LogP) is 4.40. The lowest BCUT2D eigenvalue weighted by atomic mass is 10.2. The average molecular weight is 476 g/mol. The Morgan fingerprint density at radius 3 is 2.25 bits per heavy atom. The van der Waals surface area contributed by atoms with Gasteiger partial charge in [0.2, 0.25) is 0 Å². The van der Waals surface area contributed by atoms with Crippen LogP contribution in [0, 0.1) is 20.2 Å². The van der Waals surface area contributed by atoms with Gasteiger partial charge in [-0.15, -0.1) is 0 Å². The summed E-state index contributed by atoms with van der Waals surface area (Å²) in [7, 11) is -4.30. The van der Waals surface area contributed by atoms with Crippen molar-refractivity contribution in [2.24, 2.45) is 5.10 Å². The van der Waals surface area contributed by atoms with Gasteiger partial charge in [0.1, 0.15) is 4.90 Å². The first-order valence-electron chi connectivity index (χ1n) is 8.77. The van der Waals surface area contributed by atoms with Crippen LogP contribution in [0.3, 0.4) is 0 Å². The molecule has 32 heavy (non-hydrogen) atoms. The third-order valence-electron chi connectivity index (χ3n) is 4.06. The zero-order valence-electron chi connectivity index (χ0n) is 16.0. The number of halogens is 1. The van der Waals surface area contributed by atoms with E-state index in [1.54, 1.807) is 18.2 Å². The first kappa shape index (κ1) is 22.7. The van der Waals surface area contributed by atoms with E-state index in [4.69, 9.17) is 11.6 Å². The Balaban J connectivity index is 1.94. The summed E-state index contributed by atoms with van der Waals surface area (Å²) < 4.78 is 28.2. The lowest BCUT2D eigenvalue weighted by Crippen LogP contribution is -2.15. The molecule has 0 atom stereocenters. The van der Waals surface area contributed by atoms with Crippen molar-refractivity contribution in [2.45, 2.75) is 4.90 Å². The summed E-state index contributed by atoms with van der Waals surface area (Å²) in [6, 6.07) is 14.9. The van der Waals surface area contributed by atoms with Crippen LogP contribution in [-0.4, -0.2) is 24.5 Å². The fourth-order valence-electron chi connectivity index (χ4n) is 2.58. The number of nitrogens with zero attached hydrogens (tertiary/aromatic N) is 3. The lowest BCUT2D eigenvalue weighted by molar-refractivity contribution is -0.385. The highest BCUT2D eigenvalue weighted by molar-refractivity contribution is 7.93. The van der Waals surface area contributed by atoms with Crippen molar-refractivity contribution in [3.05, 3.63) is 97.5 Å². The van der Waals surface area contributed by atoms with Gasteiger partial charge < -0.3 is 0 Å². The highest BCUT2D eigenvalue weighted by Crippen LogP contribution is 2.30. The van der Waals surface area contributed by atoms with Gasteiger partial charge in [-0.2, -0.15) is 5.10 Å². The maximum Gasteiger partial charge on any atom is 0.270 e. The van der Waals surface area contributed by atoms with E-state index < -0.39 is 30.5 Å². The number of non-ortho nitro benzene ring substituents is 2. The molecule has 0 aliphatic heterocycles. The second-order valence-electron chi connectivity index (χ2n) is 6.25. The van der Waals surface area contributed by atoms with E-state index >= 15 is 0 Å². The second kappa shape index (κ2) is 9.41. The molecule has 3 aromatic rings. The van der Waals surface area contributed by atoms with Crippen LogP contribution in [0.5, 0.6) is 0 Å². The molecule has 13 heteroatoms. The van der Waals surface area contributed by atoms with Gasteiger partial charge in [-0.1, -0.05) is 35.9 Å². The quantitative estimate of drug-likeness (QED) is 0.277. The fourth-order valence-corrected chi connectivity index (χ4v) is 4.07. The molecule has 164 valence electrons. The molecule has 0 aromatic heterocycles. The normalized spacial score (nSPS) is 11.3. The van der Waals surface area contributed by atoms with E-state index in [-0.39, 0.29) is 22.1 Å². The SMILES string of the molecule is O=[N+]([O-])c1cccc(/C=N/Nc2ccc([N+](=O)[O-])cc2S(=O)(=O)Nc2ccccc2Cl)c1. The number of nitro benzene ring substituents is 2. The lowest BCUT2D eigenvalue weighted by Gasteiger charge is -2.12. The molecule has 0 spiro atoms. The van der Waals surface area contributed by atoms with Crippen molar-refractivity contribution in [3.63, 3.8) is 0 Å². The van der Waals surface area contributed by atoms with Crippen molar-refractivity contribution in [3.8, 4) is 0 Å². The van der Waals surface area contributed by atoms with Crippen LogP contribution in [0.25, 0.3) is 0 Å². The molecule has 0 aliphatic carbocycles. The van der Waals surface area contributed by atoms with Crippen LogP contribution >= 0.6 is 11.6 Å². The van der Waals surface area contributed by atoms with E-state index in [0.29, 0.717) is 5.56 Å². The Labute approximate surface area is 186 Å². The van der Waals surface area contributed by atoms with E-state index in [9.17, 15) is 28.6 Å². The van der Waals surface area contributed by atoms with Gasteiger partial charge in [-0.25, -0.2) is 8.42 Å². The van der Waals surface area contributed by atoms with Crippen molar-refractivity contribution < 1.29 is 18.3 Å². The molecule has 0 heterocycles. The first-order chi connectivity index (χ1) is 15.2. The molecule has 0 radical (unpaired) electrons. The topological polar surface area (TPSA) is 157 Å². The molecule has 3 rings (SSSR count). The van der Waals surface area contributed by atoms with Gasteiger partial charge in [0.15, 0.2) is 0 Å². The highest BCUT2D eigenvalue weighted by atomic mass is 35.5. The summed E-state index contributed by atoms with van der Waals surface area (Å²) in [5.41, 5.74) is 2.33. The number of hydrogen-bond acceptors (Lipinski definition) is 8. The molecule has 0 amide bonds. The second-order valence-corrected chi connectivity index (χ2v) is 8.30. The van der Waals surface area contributed by atoms with Crippen LogP contribution in [0.2, 0.25) is 5.02 Å². The molecular formula is C19H14ClN5O6S. The van der Waals surface area contributed by atoms with Crippen molar-refractivity contribution in [2.75, 3.05) is 10.1 Å². The Kier molecular flexibility index (Phi) is 6.66. The molecular weight excluding hydrogens is 462 g/mol. The predicted molar refractivity (Wildman–Crippen MR) is 120 cm³/mol. The number of anilines is 2. The van der Waals surface area contributed by atoms with Gasteiger partial charge in [-0.05, 0) is 18.2 Å². The van der Waals surface area contributed by atoms with Crippen LogP contribution in [0.1, 0.15) is 5.56 Å². The van der Waals surface area contributed by atoms with Gasteiger partial charge in [0, 0.05) is 29.8 Å². The Bertz CT molecular complexity index is 1330. The number of nitrogens with one attached hydrogen (secondary N) is 2. The minimum atomic E-state index is -4.30. The van der Waals surface area contributed by atoms with E-state index in [0.717, 1.165) is 12.1 Å². The first-order valence-corrected chi connectivity index (χ1v) is 10.6. The molecule has 0 fully saturated rings. The number of sulfonamides is 1. The molecule has 0 saturated carbocycles. The van der Waals surface area contributed by atoms with E-state index in [2.05, 4.69) is 15.2 Å². The zero-order valence-corrected chi connectivity index (χ0v) is 17.6. The molecule has 2 N–H and O–H groups in total. The molecule has 0 unspecified atom stereocenters. The maximum absolute atomic E-state index is 12.9. The number of rotatable bonds is 8. The minimum absolute atomic E-state index is 0.0585. The Morgan fingerprint density at radius 2 is 1.56 bits per heavy atom. The van der Waals surface area contributed by atoms with Gasteiger partial charge in [0.05, 0.1) is 32.5 Å². The maximum atomic E-state index is 12.9. The Hall–Kier alpha value is -4.03. The van der Waals surface area contributed by atoms with Crippen LogP contribution in [0.15, 0.2) is 76.7 Å². The van der Waals surface area contributed by atoms with Crippen LogP contribution < -0.4 is 10.1 Å². The van der Waals surface area contributed by atoms with Crippen LogP contribution in [0.4, 0.5) is 22.7 Å². The molecule has 0 bridgehead atoms. The number of hydrazone groups is 1. The summed E-state index contributed by atoms with van der Waals surface area (Å²) in [5.74, 6) is 0. The summed E-state index contributed by atoms with van der Waals surface area (Å²) in [4.78, 5) is 20.3. The standard InChI is InChI=1S/C19H14ClN5O6S/c20-16-6-1-2-7-17(16)23-32(30,31)19-11-15(25(28)29)8-9-18(19)22-21-12-13-4-3-5-14(10-13)24(26)27/h1-12,22-23H/b21-12+. The average Bonchev–Trinajstić information content (AvgIpc) is 2.75. The fraction of sp³-hybridized carbons (Fsp3) is 0. The van der Waals surface area contributed by atoms with Crippen molar-refractivity contribution >= 4 is 50.6 Å². The third-order valence-corrected chi connectivity index (χ3v) is 5.80. The Morgan fingerprint density at radius 1 is 0.875 bits per heavy atom.